The highest BCUT2D eigenvalue weighted by Crippen LogP contribution is 2.42. The lowest BCUT2D eigenvalue weighted by Gasteiger charge is -2.23. The van der Waals surface area contributed by atoms with Crippen LogP contribution in [-0.2, 0) is 11.2 Å². The zero-order chi connectivity index (χ0) is 17.2. The Bertz CT molecular complexity index is 795. The van der Waals surface area contributed by atoms with Gasteiger partial charge in [0, 0.05) is 30.8 Å². The van der Waals surface area contributed by atoms with E-state index in [0.29, 0.717) is 24.8 Å². The van der Waals surface area contributed by atoms with E-state index in [1.54, 1.807) is 6.20 Å². The van der Waals surface area contributed by atoms with Crippen LogP contribution in [0.15, 0.2) is 54.7 Å². The molecule has 2 aliphatic rings. The third kappa shape index (κ3) is 3.64. The molecule has 0 saturated heterocycles. The highest BCUT2D eigenvalue weighted by molar-refractivity contribution is 5.85. The number of nitrogens with two attached hydrogens (primary N) is 1. The van der Waals surface area contributed by atoms with E-state index in [2.05, 4.69) is 27.4 Å². The van der Waals surface area contributed by atoms with Crippen LogP contribution in [0.2, 0.25) is 0 Å². The van der Waals surface area contributed by atoms with Crippen LogP contribution in [0.3, 0.4) is 0 Å². The van der Waals surface area contributed by atoms with Crippen molar-refractivity contribution in [3.63, 3.8) is 0 Å². The molecule has 0 spiro atoms. The highest BCUT2D eigenvalue weighted by atomic mass is 35.5. The largest absolute Gasteiger partial charge is 0.355 e. The summed E-state index contributed by atoms with van der Waals surface area (Å²) in [7, 11) is 0. The number of allylic oxidation sites excluding steroid dienone is 1. The molecule has 1 heterocycles. The summed E-state index contributed by atoms with van der Waals surface area (Å²) in [6.07, 6.45) is 7.69. The van der Waals surface area contributed by atoms with Crippen molar-refractivity contribution in [2.45, 2.75) is 18.9 Å². The standard InChI is InChI=1S/C20H22N4O.ClH/c21-19-15-7-6-14(12-15)18(19)20(25)23-11-9-17-22-10-8-16(24-17)13-4-2-1-3-5-13;/h1-8,10,14-15,18-19H,9,11-12,21H2,(H,23,25);1H/t14-,15+,18-,19+;/m1./s1. The summed E-state index contributed by atoms with van der Waals surface area (Å²) < 4.78 is 0. The normalized spacial score (nSPS) is 25.7. The molecule has 0 aliphatic heterocycles. The van der Waals surface area contributed by atoms with Crippen LogP contribution in [0.1, 0.15) is 12.2 Å². The minimum absolute atomic E-state index is 0. The molecule has 136 valence electrons. The first-order valence-corrected chi connectivity index (χ1v) is 8.81. The monoisotopic (exact) mass is 370 g/mol. The van der Waals surface area contributed by atoms with Crippen molar-refractivity contribution in [2.75, 3.05) is 6.54 Å². The van der Waals surface area contributed by atoms with Gasteiger partial charge in [-0.3, -0.25) is 4.79 Å². The van der Waals surface area contributed by atoms with E-state index in [4.69, 9.17) is 5.73 Å². The van der Waals surface area contributed by atoms with E-state index in [-0.39, 0.29) is 30.3 Å². The Morgan fingerprint density at radius 2 is 1.92 bits per heavy atom. The Hall–Kier alpha value is -2.24. The van der Waals surface area contributed by atoms with E-state index in [0.717, 1.165) is 23.5 Å². The molecule has 1 saturated carbocycles. The fraction of sp³-hybridized carbons (Fsp3) is 0.350. The maximum absolute atomic E-state index is 12.5. The molecule has 1 fully saturated rings. The number of nitrogens with one attached hydrogen (secondary N) is 1. The number of fused-ring (bicyclic) bond motifs is 2. The summed E-state index contributed by atoms with van der Waals surface area (Å²) in [4.78, 5) is 21.4. The molecule has 1 aromatic heterocycles. The number of hydrogen-bond donors (Lipinski definition) is 2. The van der Waals surface area contributed by atoms with Crippen LogP contribution >= 0.6 is 12.4 Å². The second kappa shape index (κ2) is 7.98. The van der Waals surface area contributed by atoms with Crippen LogP contribution in [0.4, 0.5) is 0 Å². The lowest BCUT2D eigenvalue weighted by molar-refractivity contribution is -0.126. The highest BCUT2D eigenvalue weighted by Gasteiger charge is 2.46. The number of rotatable bonds is 5. The molecule has 4 rings (SSSR count). The lowest BCUT2D eigenvalue weighted by Crippen LogP contribution is -2.44. The number of nitrogens with zero attached hydrogens (tertiary/aromatic N) is 2. The molecule has 2 aliphatic carbocycles. The average Bonchev–Trinajstić information content (AvgIpc) is 3.24. The van der Waals surface area contributed by atoms with Gasteiger partial charge in [-0.25, -0.2) is 9.97 Å². The second-order valence-electron chi connectivity index (χ2n) is 6.82. The Morgan fingerprint density at radius 3 is 2.65 bits per heavy atom. The number of halogens is 1. The maximum Gasteiger partial charge on any atom is 0.225 e. The summed E-state index contributed by atoms with van der Waals surface area (Å²) in [5, 5.41) is 3.01. The van der Waals surface area contributed by atoms with Crippen LogP contribution in [0, 0.1) is 17.8 Å². The first-order chi connectivity index (χ1) is 12.2. The number of amides is 1. The maximum atomic E-state index is 12.5. The van der Waals surface area contributed by atoms with Crippen molar-refractivity contribution in [1.82, 2.24) is 15.3 Å². The minimum atomic E-state index is -0.0911. The number of aromatic nitrogens is 2. The number of carbonyl (C=O) groups is 1. The van der Waals surface area contributed by atoms with Gasteiger partial charge in [-0.15, -0.1) is 12.4 Å². The van der Waals surface area contributed by atoms with Crippen LogP contribution < -0.4 is 11.1 Å². The Morgan fingerprint density at radius 1 is 1.15 bits per heavy atom. The van der Waals surface area contributed by atoms with Crippen molar-refractivity contribution in [2.24, 2.45) is 23.5 Å². The smallest absolute Gasteiger partial charge is 0.225 e. The van der Waals surface area contributed by atoms with E-state index in [9.17, 15) is 4.79 Å². The summed E-state index contributed by atoms with van der Waals surface area (Å²) in [5.41, 5.74) is 8.16. The molecular weight excluding hydrogens is 348 g/mol. The topological polar surface area (TPSA) is 80.9 Å². The minimum Gasteiger partial charge on any atom is -0.355 e. The summed E-state index contributed by atoms with van der Waals surface area (Å²) in [6, 6.07) is 11.9. The van der Waals surface area contributed by atoms with Gasteiger partial charge in [0.15, 0.2) is 0 Å². The van der Waals surface area contributed by atoms with Crippen molar-refractivity contribution in [3.05, 3.63) is 60.6 Å². The van der Waals surface area contributed by atoms with Gasteiger partial charge in [0.1, 0.15) is 5.82 Å². The van der Waals surface area contributed by atoms with Gasteiger partial charge < -0.3 is 11.1 Å². The molecule has 3 N–H and O–H groups in total. The fourth-order valence-electron chi connectivity index (χ4n) is 3.93. The summed E-state index contributed by atoms with van der Waals surface area (Å²) >= 11 is 0. The van der Waals surface area contributed by atoms with Crippen molar-refractivity contribution >= 4 is 18.3 Å². The van der Waals surface area contributed by atoms with Crippen molar-refractivity contribution in [1.29, 1.82) is 0 Å². The molecular formula is C20H23ClN4O. The van der Waals surface area contributed by atoms with Gasteiger partial charge >= 0.3 is 0 Å². The fourth-order valence-corrected chi connectivity index (χ4v) is 3.93. The van der Waals surface area contributed by atoms with Gasteiger partial charge in [-0.2, -0.15) is 0 Å². The van der Waals surface area contributed by atoms with Gasteiger partial charge in [0.25, 0.3) is 0 Å². The number of hydrogen-bond acceptors (Lipinski definition) is 4. The first-order valence-electron chi connectivity index (χ1n) is 8.81. The second-order valence-corrected chi connectivity index (χ2v) is 6.82. The average molecular weight is 371 g/mol. The first kappa shape index (κ1) is 18.5. The quantitative estimate of drug-likeness (QED) is 0.792. The van der Waals surface area contributed by atoms with Gasteiger partial charge in [0.05, 0.1) is 11.6 Å². The van der Waals surface area contributed by atoms with Crippen LogP contribution in [0.5, 0.6) is 0 Å². The zero-order valence-electron chi connectivity index (χ0n) is 14.4. The van der Waals surface area contributed by atoms with Crippen LogP contribution in [0.25, 0.3) is 11.3 Å². The molecule has 1 aromatic carbocycles. The van der Waals surface area contributed by atoms with E-state index in [1.165, 1.54) is 0 Å². The Labute approximate surface area is 159 Å². The Balaban J connectivity index is 0.00000196. The predicted octanol–water partition coefficient (Wildman–Crippen LogP) is 2.37. The molecule has 5 nitrogen and oxygen atoms in total. The molecule has 26 heavy (non-hydrogen) atoms. The number of benzene rings is 1. The van der Waals surface area contributed by atoms with E-state index >= 15 is 0 Å². The molecule has 6 heteroatoms. The number of carbonyl (C=O) groups excluding carboxylic acids is 1. The van der Waals surface area contributed by atoms with E-state index < -0.39 is 0 Å². The zero-order valence-corrected chi connectivity index (χ0v) is 15.2. The van der Waals surface area contributed by atoms with Gasteiger partial charge in [-0.05, 0) is 24.3 Å². The molecule has 2 bridgehead atoms. The lowest BCUT2D eigenvalue weighted by atomic mass is 9.89. The SMILES string of the molecule is Cl.N[C@@H]1[C@H](C(=O)NCCc2nccc(-c3ccccc3)n2)[C@@H]2C=C[C@H]1C2. The third-order valence-corrected chi connectivity index (χ3v) is 5.25. The molecule has 0 unspecified atom stereocenters. The summed E-state index contributed by atoms with van der Waals surface area (Å²) in [5.74, 6) is 1.37. The van der Waals surface area contributed by atoms with Crippen molar-refractivity contribution in [3.8, 4) is 11.3 Å². The van der Waals surface area contributed by atoms with Gasteiger partial charge in [0.2, 0.25) is 5.91 Å². The van der Waals surface area contributed by atoms with E-state index in [1.807, 2.05) is 36.4 Å². The molecule has 1 amide bonds. The molecule has 4 atom stereocenters. The van der Waals surface area contributed by atoms with Crippen LogP contribution in [-0.4, -0.2) is 28.5 Å². The molecule has 0 radical (unpaired) electrons. The molecule has 2 aromatic rings. The summed E-state index contributed by atoms with van der Waals surface area (Å²) in [6.45, 7) is 0.529. The van der Waals surface area contributed by atoms with Gasteiger partial charge in [-0.1, -0.05) is 42.5 Å². The third-order valence-electron chi connectivity index (χ3n) is 5.25. The Kier molecular flexibility index (Phi) is 5.69. The van der Waals surface area contributed by atoms with Crippen molar-refractivity contribution < 1.29 is 4.79 Å². The predicted molar refractivity (Wildman–Crippen MR) is 104 cm³/mol.